The zero-order chi connectivity index (χ0) is 18.5. The van der Waals surface area contributed by atoms with Crippen LogP contribution in [0.3, 0.4) is 0 Å². The zero-order valence-electron chi connectivity index (χ0n) is 14.8. The predicted molar refractivity (Wildman–Crippen MR) is 91.4 cm³/mol. The average molecular weight is 434 g/mol. The minimum atomic E-state index is -1.11. The van der Waals surface area contributed by atoms with Crippen molar-refractivity contribution in [2.24, 2.45) is 0 Å². The van der Waals surface area contributed by atoms with Crippen LogP contribution in [0.5, 0.6) is 0 Å². The van der Waals surface area contributed by atoms with Crippen LogP contribution in [-0.4, -0.2) is 36.2 Å². The van der Waals surface area contributed by atoms with Crippen LogP contribution in [0.15, 0.2) is 61.2 Å². The molecule has 0 unspecified atom stereocenters. The van der Waals surface area contributed by atoms with Crippen LogP contribution in [0, 0.1) is 0 Å². The number of imidazole rings is 2. The maximum Gasteiger partial charge on any atom is 2.00 e. The standard InChI is InChI=1S/2C9H8N2O2.H2O.Zn/c2*12-9(13)5-7-6-11-4-2-1-3-8(11)10-7;;/h2*1-4,6H,5H2,(H,12,13);1H2;/q;;;+2/p-2. The van der Waals surface area contributed by atoms with Gasteiger partial charge in [0.2, 0.25) is 0 Å². The normalized spacial score (nSPS) is 9.71. The van der Waals surface area contributed by atoms with E-state index in [1.807, 2.05) is 48.8 Å². The predicted octanol–water partition coefficient (Wildman–Crippen LogP) is -1.57. The van der Waals surface area contributed by atoms with E-state index in [2.05, 4.69) is 9.97 Å². The van der Waals surface area contributed by atoms with E-state index in [4.69, 9.17) is 0 Å². The molecule has 0 amide bonds. The summed E-state index contributed by atoms with van der Waals surface area (Å²) < 4.78 is 3.55. The third-order valence-corrected chi connectivity index (χ3v) is 3.48. The second kappa shape index (κ2) is 10.3. The Morgan fingerprint density at radius 1 is 0.786 bits per heavy atom. The Labute approximate surface area is 172 Å². The van der Waals surface area contributed by atoms with Crippen molar-refractivity contribution in [1.29, 1.82) is 0 Å². The van der Waals surface area contributed by atoms with Gasteiger partial charge in [-0.2, -0.15) is 0 Å². The molecule has 0 bridgehead atoms. The van der Waals surface area contributed by atoms with Gasteiger partial charge in [0.25, 0.3) is 0 Å². The summed E-state index contributed by atoms with van der Waals surface area (Å²) in [5, 5.41) is 20.6. The molecule has 0 saturated carbocycles. The van der Waals surface area contributed by atoms with Crippen molar-refractivity contribution in [2.45, 2.75) is 12.8 Å². The van der Waals surface area contributed by atoms with Crippen molar-refractivity contribution in [3.63, 3.8) is 0 Å². The maximum absolute atomic E-state index is 10.3. The van der Waals surface area contributed by atoms with Gasteiger partial charge < -0.3 is 34.1 Å². The second-order valence-electron chi connectivity index (χ2n) is 5.49. The molecular weight excluding hydrogens is 418 g/mol. The Morgan fingerprint density at radius 2 is 1.18 bits per heavy atom. The number of carboxylic acids is 2. The summed E-state index contributed by atoms with van der Waals surface area (Å²) >= 11 is 0. The molecule has 4 heterocycles. The van der Waals surface area contributed by atoms with Crippen molar-refractivity contribution >= 4 is 23.2 Å². The third kappa shape index (κ3) is 5.97. The monoisotopic (exact) mass is 432 g/mol. The third-order valence-electron chi connectivity index (χ3n) is 3.48. The van der Waals surface area contributed by atoms with E-state index in [0.29, 0.717) is 11.4 Å². The molecular formula is C18H16N4O5Zn. The fraction of sp³-hybridized carbons (Fsp3) is 0.111. The molecule has 28 heavy (non-hydrogen) atoms. The number of rotatable bonds is 4. The van der Waals surface area contributed by atoms with E-state index in [0.717, 1.165) is 11.3 Å². The van der Waals surface area contributed by atoms with Gasteiger partial charge in [-0.1, -0.05) is 12.1 Å². The Balaban J connectivity index is 0.000000261. The summed E-state index contributed by atoms with van der Waals surface area (Å²) in [4.78, 5) is 28.8. The second-order valence-corrected chi connectivity index (χ2v) is 5.49. The van der Waals surface area contributed by atoms with Crippen LogP contribution in [0.1, 0.15) is 11.4 Å². The van der Waals surface area contributed by atoms with Gasteiger partial charge in [-0.05, 0) is 24.3 Å². The number of carboxylic acid groups (broad SMARTS) is 2. The Morgan fingerprint density at radius 3 is 1.50 bits per heavy atom. The molecule has 0 aliphatic heterocycles. The smallest absolute Gasteiger partial charge is 0.550 e. The van der Waals surface area contributed by atoms with Crippen LogP contribution in [-0.2, 0) is 41.9 Å². The number of aliphatic carboxylic acids is 2. The van der Waals surface area contributed by atoms with Crippen LogP contribution >= 0.6 is 0 Å². The van der Waals surface area contributed by atoms with E-state index < -0.39 is 11.9 Å². The minimum absolute atomic E-state index is 0. The van der Waals surface area contributed by atoms with Gasteiger partial charge in [-0.25, -0.2) is 9.97 Å². The number of carbonyl (C=O) groups is 2. The molecule has 0 aromatic carbocycles. The van der Waals surface area contributed by atoms with E-state index in [1.165, 1.54) is 0 Å². The molecule has 0 atom stereocenters. The zero-order valence-corrected chi connectivity index (χ0v) is 17.8. The quantitative estimate of drug-likeness (QED) is 0.355. The minimum Gasteiger partial charge on any atom is -0.550 e. The van der Waals surface area contributed by atoms with Crippen LogP contribution in [0.4, 0.5) is 0 Å². The van der Waals surface area contributed by atoms with Gasteiger partial charge in [0, 0.05) is 49.6 Å². The first-order valence-electron chi connectivity index (χ1n) is 7.76. The first kappa shape index (κ1) is 22.9. The number of nitrogens with zero attached hydrogens (tertiary/aromatic N) is 4. The fourth-order valence-corrected chi connectivity index (χ4v) is 2.44. The molecule has 4 aromatic heterocycles. The summed E-state index contributed by atoms with van der Waals surface area (Å²) in [6.07, 6.45) is 6.74. The van der Waals surface area contributed by atoms with Gasteiger partial charge in [-0.15, -0.1) is 0 Å². The Bertz CT molecular complexity index is 924. The number of aromatic nitrogens is 4. The number of fused-ring (bicyclic) bond motifs is 2. The van der Waals surface area contributed by atoms with E-state index in [-0.39, 0.29) is 37.8 Å². The van der Waals surface area contributed by atoms with Crippen LogP contribution in [0.25, 0.3) is 11.3 Å². The van der Waals surface area contributed by atoms with Crippen molar-refractivity contribution in [3.05, 3.63) is 72.6 Å². The topological polar surface area (TPSA) is 146 Å². The summed E-state index contributed by atoms with van der Waals surface area (Å²) in [5.74, 6) is -2.22. The molecule has 0 fully saturated rings. The first-order chi connectivity index (χ1) is 12.5. The summed E-state index contributed by atoms with van der Waals surface area (Å²) in [6.45, 7) is 0. The van der Waals surface area contributed by atoms with Gasteiger partial charge >= 0.3 is 19.5 Å². The molecule has 0 saturated heterocycles. The largest absolute Gasteiger partial charge is 2.00 e. The van der Waals surface area contributed by atoms with Crippen molar-refractivity contribution in [2.75, 3.05) is 0 Å². The van der Waals surface area contributed by atoms with Gasteiger partial charge in [0.05, 0.1) is 11.4 Å². The maximum atomic E-state index is 10.3. The van der Waals surface area contributed by atoms with Crippen LogP contribution < -0.4 is 10.2 Å². The Kier molecular flexibility index (Phi) is 8.43. The Hall–Kier alpha value is -3.10. The molecule has 10 heteroatoms. The molecule has 2 N–H and O–H groups in total. The average Bonchev–Trinajstić information content (AvgIpc) is 3.16. The number of carbonyl (C=O) groups excluding carboxylic acids is 2. The molecule has 0 spiro atoms. The van der Waals surface area contributed by atoms with Crippen molar-refractivity contribution < 1.29 is 44.8 Å². The molecule has 4 rings (SSSR count). The molecule has 140 valence electrons. The molecule has 9 nitrogen and oxygen atoms in total. The van der Waals surface area contributed by atoms with Crippen molar-refractivity contribution in [1.82, 2.24) is 18.8 Å². The van der Waals surface area contributed by atoms with E-state index >= 15 is 0 Å². The van der Waals surface area contributed by atoms with E-state index in [1.54, 1.807) is 21.2 Å². The molecule has 0 aliphatic carbocycles. The SMILES string of the molecule is O.O=C([O-])Cc1cn2ccccc2n1.O=C([O-])Cc1cn2ccccc2n1.[Zn+2]. The number of pyridine rings is 2. The summed E-state index contributed by atoms with van der Waals surface area (Å²) in [6, 6.07) is 11.1. The van der Waals surface area contributed by atoms with Gasteiger partial charge in [0.1, 0.15) is 11.3 Å². The summed E-state index contributed by atoms with van der Waals surface area (Å²) in [5.41, 5.74) is 2.54. The molecule has 0 radical (unpaired) electrons. The van der Waals surface area contributed by atoms with Gasteiger partial charge in [0.15, 0.2) is 0 Å². The summed E-state index contributed by atoms with van der Waals surface area (Å²) in [7, 11) is 0. The number of hydrogen-bond donors (Lipinski definition) is 0. The van der Waals surface area contributed by atoms with E-state index in [9.17, 15) is 19.8 Å². The molecule has 0 aliphatic rings. The first-order valence-corrected chi connectivity index (χ1v) is 7.76. The molecule has 4 aromatic rings. The van der Waals surface area contributed by atoms with Gasteiger partial charge in [-0.3, -0.25) is 0 Å². The van der Waals surface area contributed by atoms with Crippen LogP contribution in [0.2, 0.25) is 0 Å². The van der Waals surface area contributed by atoms with Crippen molar-refractivity contribution in [3.8, 4) is 0 Å². The fourth-order valence-electron chi connectivity index (χ4n) is 2.44. The number of hydrogen-bond acceptors (Lipinski definition) is 6.